The number of benzene rings is 1. The van der Waals surface area contributed by atoms with Gasteiger partial charge >= 0.3 is 5.97 Å². The number of aliphatic carboxylic acids is 1. The largest absolute Gasteiger partial charge is 0.481 e. The van der Waals surface area contributed by atoms with E-state index in [1.165, 1.54) is 11.8 Å². The van der Waals surface area contributed by atoms with E-state index in [1.54, 1.807) is 4.90 Å². The van der Waals surface area contributed by atoms with Crippen LogP contribution in [0.15, 0.2) is 29.2 Å². The van der Waals surface area contributed by atoms with Gasteiger partial charge in [0.2, 0.25) is 11.8 Å². The lowest BCUT2D eigenvalue weighted by Gasteiger charge is -2.31. The number of nitrogens with one attached hydrogen (secondary N) is 1. The summed E-state index contributed by atoms with van der Waals surface area (Å²) in [5.41, 5.74) is 0.786. The van der Waals surface area contributed by atoms with Crippen LogP contribution < -0.4 is 5.32 Å². The predicted molar refractivity (Wildman–Crippen MR) is 86.3 cm³/mol. The standard InChI is InChI=1S/C16H18N2O4S/c19-14(18-7-5-10(6-8-18)16(21)22)9-13-15(20)17-11-3-1-2-4-12(11)23-13/h1-4,10,13H,5-9H2,(H,17,20)(H,21,22)/t13-/m0/s1. The van der Waals surface area contributed by atoms with E-state index in [9.17, 15) is 14.4 Å². The van der Waals surface area contributed by atoms with Crippen LogP contribution in [-0.2, 0) is 14.4 Å². The first-order chi connectivity index (χ1) is 11.0. The van der Waals surface area contributed by atoms with Crippen molar-refractivity contribution in [3.63, 3.8) is 0 Å². The number of anilines is 1. The molecule has 1 atom stereocenters. The zero-order chi connectivity index (χ0) is 16.4. The van der Waals surface area contributed by atoms with Gasteiger partial charge in [0.05, 0.1) is 16.9 Å². The molecule has 0 bridgehead atoms. The molecular weight excluding hydrogens is 316 g/mol. The third-order valence-electron chi connectivity index (χ3n) is 4.26. The first-order valence-corrected chi connectivity index (χ1v) is 8.49. The van der Waals surface area contributed by atoms with E-state index in [-0.39, 0.29) is 24.2 Å². The molecule has 2 aliphatic rings. The third-order valence-corrected chi connectivity index (χ3v) is 5.54. The van der Waals surface area contributed by atoms with Gasteiger partial charge in [-0.2, -0.15) is 0 Å². The van der Waals surface area contributed by atoms with E-state index in [1.807, 2.05) is 24.3 Å². The number of fused-ring (bicyclic) bond motifs is 1. The molecule has 1 saturated heterocycles. The van der Waals surface area contributed by atoms with Gasteiger partial charge in [-0.1, -0.05) is 12.1 Å². The Morgan fingerprint density at radius 1 is 1.26 bits per heavy atom. The number of carbonyl (C=O) groups excluding carboxylic acids is 2. The Kier molecular flexibility index (Phi) is 4.56. The zero-order valence-corrected chi connectivity index (χ0v) is 13.3. The number of amides is 2. The number of nitrogens with zero attached hydrogens (tertiary/aromatic N) is 1. The maximum atomic E-state index is 12.4. The van der Waals surface area contributed by atoms with Crippen molar-refractivity contribution in [2.24, 2.45) is 5.92 Å². The molecule has 2 N–H and O–H groups in total. The second-order valence-electron chi connectivity index (χ2n) is 5.79. The highest BCUT2D eigenvalue weighted by Crippen LogP contribution is 2.37. The summed E-state index contributed by atoms with van der Waals surface area (Å²) in [6, 6.07) is 7.53. The van der Waals surface area contributed by atoms with Crippen LogP contribution in [0.5, 0.6) is 0 Å². The van der Waals surface area contributed by atoms with Crippen LogP contribution in [-0.4, -0.2) is 46.1 Å². The van der Waals surface area contributed by atoms with Crippen molar-refractivity contribution in [1.29, 1.82) is 0 Å². The number of hydrogen-bond donors (Lipinski definition) is 2. The average molecular weight is 334 g/mol. The maximum absolute atomic E-state index is 12.4. The molecule has 7 heteroatoms. The molecule has 2 aliphatic heterocycles. The smallest absolute Gasteiger partial charge is 0.306 e. The van der Waals surface area contributed by atoms with Crippen molar-refractivity contribution in [2.75, 3.05) is 18.4 Å². The van der Waals surface area contributed by atoms with E-state index in [0.717, 1.165) is 10.6 Å². The molecule has 2 heterocycles. The normalized spacial score (nSPS) is 21.5. The van der Waals surface area contributed by atoms with Crippen molar-refractivity contribution < 1.29 is 19.5 Å². The molecule has 2 amide bonds. The molecule has 0 spiro atoms. The molecule has 0 radical (unpaired) electrons. The lowest BCUT2D eigenvalue weighted by Crippen LogP contribution is -2.42. The second kappa shape index (κ2) is 6.62. The maximum Gasteiger partial charge on any atom is 0.306 e. The number of carbonyl (C=O) groups is 3. The Morgan fingerprint density at radius 2 is 1.96 bits per heavy atom. The molecular formula is C16H18N2O4S. The predicted octanol–water partition coefficient (Wildman–Crippen LogP) is 1.81. The highest BCUT2D eigenvalue weighted by atomic mass is 32.2. The molecule has 0 saturated carbocycles. The molecule has 1 aromatic carbocycles. The van der Waals surface area contributed by atoms with Crippen LogP contribution in [0.3, 0.4) is 0 Å². The number of likely N-dealkylation sites (tertiary alicyclic amines) is 1. The minimum Gasteiger partial charge on any atom is -0.481 e. The van der Waals surface area contributed by atoms with Gasteiger partial charge in [0, 0.05) is 24.4 Å². The van der Waals surface area contributed by atoms with Crippen molar-refractivity contribution >= 4 is 35.2 Å². The Labute approximate surface area is 138 Å². The SMILES string of the molecule is O=C(O)C1CCN(C(=O)C[C@@H]2Sc3ccccc3NC2=O)CC1. The minimum absolute atomic E-state index is 0.0825. The summed E-state index contributed by atoms with van der Waals surface area (Å²) >= 11 is 1.41. The van der Waals surface area contributed by atoms with Gasteiger partial charge in [0.15, 0.2) is 0 Å². The van der Waals surface area contributed by atoms with Gasteiger partial charge in [-0.3, -0.25) is 14.4 Å². The van der Waals surface area contributed by atoms with Crippen molar-refractivity contribution in [3.05, 3.63) is 24.3 Å². The summed E-state index contributed by atoms with van der Waals surface area (Å²) in [7, 11) is 0. The summed E-state index contributed by atoms with van der Waals surface area (Å²) in [5.74, 6) is -1.39. The van der Waals surface area contributed by atoms with Gasteiger partial charge in [-0.05, 0) is 25.0 Å². The molecule has 1 fully saturated rings. The van der Waals surface area contributed by atoms with E-state index in [4.69, 9.17) is 5.11 Å². The summed E-state index contributed by atoms with van der Waals surface area (Å²) in [5, 5.41) is 11.4. The molecule has 122 valence electrons. The monoisotopic (exact) mass is 334 g/mol. The molecule has 0 unspecified atom stereocenters. The number of para-hydroxylation sites is 1. The van der Waals surface area contributed by atoms with E-state index in [0.29, 0.717) is 25.9 Å². The molecule has 0 aliphatic carbocycles. The quantitative estimate of drug-likeness (QED) is 0.880. The Balaban J connectivity index is 1.58. The van der Waals surface area contributed by atoms with Crippen LogP contribution in [0.25, 0.3) is 0 Å². The molecule has 1 aromatic rings. The number of rotatable bonds is 3. The molecule has 0 aromatic heterocycles. The van der Waals surface area contributed by atoms with Crippen LogP contribution in [0.1, 0.15) is 19.3 Å². The first-order valence-electron chi connectivity index (χ1n) is 7.61. The van der Waals surface area contributed by atoms with E-state index < -0.39 is 11.2 Å². The first kappa shape index (κ1) is 15.9. The third kappa shape index (κ3) is 3.50. The van der Waals surface area contributed by atoms with Crippen LogP contribution in [0.4, 0.5) is 5.69 Å². The second-order valence-corrected chi connectivity index (χ2v) is 7.03. The highest BCUT2D eigenvalue weighted by Gasteiger charge is 2.32. The van der Waals surface area contributed by atoms with Crippen molar-refractivity contribution in [3.8, 4) is 0 Å². The average Bonchev–Trinajstić information content (AvgIpc) is 2.55. The fourth-order valence-corrected chi connectivity index (χ4v) is 3.99. The van der Waals surface area contributed by atoms with E-state index in [2.05, 4.69) is 5.32 Å². The Morgan fingerprint density at radius 3 is 2.65 bits per heavy atom. The Hall–Kier alpha value is -2.02. The van der Waals surface area contributed by atoms with Crippen LogP contribution >= 0.6 is 11.8 Å². The molecule has 23 heavy (non-hydrogen) atoms. The fraction of sp³-hybridized carbons (Fsp3) is 0.438. The highest BCUT2D eigenvalue weighted by molar-refractivity contribution is 8.01. The number of carboxylic acids is 1. The van der Waals surface area contributed by atoms with Gasteiger partial charge < -0.3 is 15.3 Å². The summed E-state index contributed by atoms with van der Waals surface area (Å²) in [6.45, 7) is 0.900. The van der Waals surface area contributed by atoms with Gasteiger partial charge in [0.25, 0.3) is 0 Å². The lowest BCUT2D eigenvalue weighted by atomic mass is 9.97. The van der Waals surface area contributed by atoms with Crippen molar-refractivity contribution in [1.82, 2.24) is 4.90 Å². The van der Waals surface area contributed by atoms with Crippen molar-refractivity contribution in [2.45, 2.75) is 29.4 Å². The summed E-state index contributed by atoms with van der Waals surface area (Å²) in [4.78, 5) is 38.1. The topological polar surface area (TPSA) is 86.7 Å². The number of carboxylic acid groups (broad SMARTS) is 1. The zero-order valence-electron chi connectivity index (χ0n) is 12.5. The lowest BCUT2D eigenvalue weighted by molar-refractivity contribution is -0.145. The number of hydrogen-bond acceptors (Lipinski definition) is 4. The van der Waals surface area contributed by atoms with Gasteiger partial charge in [0.1, 0.15) is 0 Å². The summed E-state index contributed by atoms with van der Waals surface area (Å²) < 4.78 is 0. The fourth-order valence-electron chi connectivity index (χ4n) is 2.89. The summed E-state index contributed by atoms with van der Waals surface area (Å²) in [6.07, 6.45) is 1.10. The number of piperidine rings is 1. The molecule has 6 nitrogen and oxygen atoms in total. The number of thioether (sulfide) groups is 1. The van der Waals surface area contributed by atoms with Crippen LogP contribution in [0.2, 0.25) is 0 Å². The van der Waals surface area contributed by atoms with Crippen LogP contribution in [0, 0.1) is 5.92 Å². The Bertz CT molecular complexity index is 641. The van der Waals surface area contributed by atoms with E-state index >= 15 is 0 Å². The molecule has 3 rings (SSSR count). The van der Waals surface area contributed by atoms with Gasteiger partial charge in [-0.25, -0.2) is 0 Å². The van der Waals surface area contributed by atoms with Gasteiger partial charge in [-0.15, -0.1) is 11.8 Å². The minimum atomic E-state index is -0.795.